The Bertz CT molecular complexity index is 788. The Labute approximate surface area is 155 Å². The van der Waals surface area contributed by atoms with Gasteiger partial charge in [-0.05, 0) is 24.3 Å². The number of nitrogens with one attached hydrogen (secondary N) is 1. The van der Waals surface area contributed by atoms with Crippen LogP contribution in [-0.4, -0.2) is 54.4 Å². The summed E-state index contributed by atoms with van der Waals surface area (Å²) < 4.78 is 26.3. The fourth-order valence-electron chi connectivity index (χ4n) is 2.95. The summed E-state index contributed by atoms with van der Waals surface area (Å²) in [5.74, 6) is -1.43. The number of aromatic nitrogens is 1. The molecule has 0 unspecified atom stereocenters. The number of hydrogen-bond donors (Lipinski definition) is 1. The van der Waals surface area contributed by atoms with Gasteiger partial charge in [0, 0.05) is 57.0 Å². The number of amides is 2. The van der Waals surface area contributed by atoms with Crippen molar-refractivity contribution in [2.24, 2.45) is 0 Å². The van der Waals surface area contributed by atoms with E-state index < -0.39 is 17.5 Å². The minimum Gasteiger partial charge on any atom is -0.353 e. The quantitative estimate of drug-likeness (QED) is 0.867. The number of hydrogen-bond acceptors (Lipinski definition) is 4. The molecule has 2 amide bonds. The van der Waals surface area contributed by atoms with E-state index in [0.717, 1.165) is 18.0 Å². The third-order valence-electron chi connectivity index (χ3n) is 4.35. The van der Waals surface area contributed by atoms with Gasteiger partial charge in [0.15, 0.2) is 0 Å². The maximum atomic E-state index is 13.1. The van der Waals surface area contributed by atoms with Crippen molar-refractivity contribution >= 4 is 17.6 Å². The first-order chi connectivity index (χ1) is 13.0. The lowest BCUT2D eigenvalue weighted by molar-refractivity contribution is -0.131. The van der Waals surface area contributed by atoms with E-state index in [4.69, 9.17) is 0 Å². The van der Waals surface area contributed by atoms with E-state index in [2.05, 4.69) is 15.2 Å². The highest BCUT2D eigenvalue weighted by Crippen LogP contribution is 2.13. The molecule has 2 heterocycles. The minimum absolute atomic E-state index is 0.0682. The highest BCUT2D eigenvalue weighted by atomic mass is 19.1. The molecule has 0 aliphatic carbocycles. The Kier molecular flexibility index (Phi) is 5.95. The van der Waals surface area contributed by atoms with Gasteiger partial charge in [0.2, 0.25) is 5.91 Å². The van der Waals surface area contributed by atoms with Crippen LogP contribution in [0.3, 0.4) is 0 Å². The second-order valence-corrected chi connectivity index (χ2v) is 6.22. The molecule has 1 saturated heterocycles. The number of carbonyl (C=O) groups excluding carboxylic acids is 2. The number of carbonyl (C=O) groups is 2. The third kappa shape index (κ3) is 4.99. The van der Waals surface area contributed by atoms with Gasteiger partial charge in [-0.1, -0.05) is 6.07 Å². The van der Waals surface area contributed by atoms with Crippen molar-refractivity contribution in [3.05, 3.63) is 59.8 Å². The number of halogens is 2. The van der Waals surface area contributed by atoms with Crippen LogP contribution in [0.15, 0.2) is 42.6 Å². The second-order valence-electron chi connectivity index (χ2n) is 6.22. The van der Waals surface area contributed by atoms with Crippen LogP contribution < -0.4 is 10.2 Å². The van der Waals surface area contributed by atoms with Gasteiger partial charge in [0.05, 0.1) is 0 Å². The topological polar surface area (TPSA) is 65.5 Å². The monoisotopic (exact) mass is 374 g/mol. The molecule has 3 rings (SSSR count). The Morgan fingerprint density at radius 1 is 1.04 bits per heavy atom. The molecule has 1 N–H and O–H groups in total. The Balaban J connectivity index is 1.43. The SMILES string of the molecule is O=C(NCCC(=O)N1CCN(c2ccccn2)CC1)c1cc(F)cc(F)c1. The first kappa shape index (κ1) is 18.8. The van der Waals surface area contributed by atoms with Gasteiger partial charge >= 0.3 is 0 Å². The van der Waals surface area contributed by atoms with Crippen LogP contribution in [0.25, 0.3) is 0 Å². The minimum atomic E-state index is -0.818. The molecule has 1 aliphatic rings. The first-order valence-electron chi connectivity index (χ1n) is 8.71. The molecule has 2 aromatic rings. The normalized spacial score (nSPS) is 14.1. The molecule has 142 valence electrons. The fraction of sp³-hybridized carbons (Fsp3) is 0.316. The summed E-state index contributed by atoms with van der Waals surface area (Å²) in [6.45, 7) is 2.66. The molecule has 1 aliphatic heterocycles. The summed E-state index contributed by atoms with van der Waals surface area (Å²) in [6, 6.07) is 8.32. The van der Waals surface area contributed by atoms with Gasteiger partial charge in [-0.25, -0.2) is 13.8 Å². The van der Waals surface area contributed by atoms with E-state index in [9.17, 15) is 18.4 Å². The molecule has 8 heteroatoms. The molecule has 0 spiro atoms. The number of pyridine rings is 1. The molecule has 1 aromatic carbocycles. The lowest BCUT2D eigenvalue weighted by Gasteiger charge is -2.35. The summed E-state index contributed by atoms with van der Waals surface area (Å²) >= 11 is 0. The maximum absolute atomic E-state index is 13.1. The number of nitrogens with zero attached hydrogens (tertiary/aromatic N) is 3. The second kappa shape index (κ2) is 8.57. The number of anilines is 1. The van der Waals surface area contributed by atoms with Crippen molar-refractivity contribution < 1.29 is 18.4 Å². The Hall–Kier alpha value is -3.03. The number of rotatable bonds is 5. The van der Waals surface area contributed by atoms with Gasteiger partial charge in [0.1, 0.15) is 17.5 Å². The molecular formula is C19H20F2N4O2. The predicted octanol–water partition coefficient (Wildman–Crippen LogP) is 1.83. The van der Waals surface area contributed by atoms with E-state index >= 15 is 0 Å². The average molecular weight is 374 g/mol. The van der Waals surface area contributed by atoms with Gasteiger partial charge in [-0.15, -0.1) is 0 Å². The molecule has 0 saturated carbocycles. The molecule has 6 nitrogen and oxygen atoms in total. The van der Waals surface area contributed by atoms with Crippen LogP contribution in [-0.2, 0) is 4.79 Å². The van der Waals surface area contributed by atoms with Crippen LogP contribution in [0.1, 0.15) is 16.8 Å². The average Bonchev–Trinajstić information content (AvgIpc) is 2.68. The van der Waals surface area contributed by atoms with Crippen molar-refractivity contribution in [2.75, 3.05) is 37.6 Å². The third-order valence-corrected chi connectivity index (χ3v) is 4.35. The Morgan fingerprint density at radius 2 is 1.74 bits per heavy atom. The zero-order valence-electron chi connectivity index (χ0n) is 14.7. The van der Waals surface area contributed by atoms with E-state index in [1.54, 1.807) is 11.1 Å². The van der Waals surface area contributed by atoms with E-state index in [-0.39, 0.29) is 24.4 Å². The highest BCUT2D eigenvalue weighted by Gasteiger charge is 2.21. The van der Waals surface area contributed by atoms with Crippen molar-refractivity contribution in [1.29, 1.82) is 0 Å². The van der Waals surface area contributed by atoms with Gasteiger partial charge in [-0.2, -0.15) is 0 Å². The summed E-state index contributed by atoms with van der Waals surface area (Å²) in [5, 5.41) is 2.52. The zero-order chi connectivity index (χ0) is 19.2. The van der Waals surface area contributed by atoms with Crippen LogP contribution in [0.2, 0.25) is 0 Å². The lowest BCUT2D eigenvalue weighted by Crippen LogP contribution is -2.49. The van der Waals surface area contributed by atoms with Crippen molar-refractivity contribution in [3.63, 3.8) is 0 Å². The van der Waals surface area contributed by atoms with E-state index in [0.29, 0.717) is 32.2 Å². The number of piperazine rings is 1. The summed E-state index contributed by atoms with van der Waals surface area (Å²) in [5.41, 5.74) is -0.107. The van der Waals surface area contributed by atoms with Crippen molar-refractivity contribution in [1.82, 2.24) is 15.2 Å². The van der Waals surface area contributed by atoms with Gasteiger partial charge < -0.3 is 15.1 Å². The molecule has 0 atom stereocenters. The predicted molar refractivity (Wildman–Crippen MR) is 96.3 cm³/mol. The zero-order valence-corrected chi connectivity index (χ0v) is 14.7. The smallest absolute Gasteiger partial charge is 0.251 e. The fourth-order valence-corrected chi connectivity index (χ4v) is 2.95. The van der Waals surface area contributed by atoms with Crippen LogP contribution in [0, 0.1) is 11.6 Å². The standard InChI is InChI=1S/C19H20F2N4O2/c20-15-11-14(12-16(21)13-15)19(27)23-6-4-18(26)25-9-7-24(8-10-25)17-3-1-2-5-22-17/h1-3,5,11-13H,4,6-10H2,(H,23,27). The lowest BCUT2D eigenvalue weighted by atomic mass is 10.2. The van der Waals surface area contributed by atoms with Crippen LogP contribution in [0.5, 0.6) is 0 Å². The van der Waals surface area contributed by atoms with Crippen molar-refractivity contribution in [2.45, 2.75) is 6.42 Å². The molecule has 27 heavy (non-hydrogen) atoms. The molecule has 1 aromatic heterocycles. The number of benzene rings is 1. The van der Waals surface area contributed by atoms with Crippen molar-refractivity contribution in [3.8, 4) is 0 Å². The Morgan fingerprint density at radius 3 is 2.37 bits per heavy atom. The summed E-state index contributed by atoms with van der Waals surface area (Å²) in [6.07, 6.45) is 1.87. The maximum Gasteiger partial charge on any atom is 0.251 e. The summed E-state index contributed by atoms with van der Waals surface area (Å²) in [7, 11) is 0. The molecule has 0 radical (unpaired) electrons. The molecular weight excluding hydrogens is 354 g/mol. The molecule has 0 bridgehead atoms. The van der Waals surface area contributed by atoms with Crippen LogP contribution >= 0.6 is 0 Å². The highest BCUT2D eigenvalue weighted by molar-refractivity contribution is 5.94. The van der Waals surface area contributed by atoms with Gasteiger partial charge in [0.25, 0.3) is 5.91 Å². The molecule has 1 fully saturated rings. The first-order valence-corrected chi connectivity index (χ1v) is 8.71. The largest absolute Gasteiger partial charge is 0.353 e. The van der Waals surface area contributed by atoms with Crippen LogP contribution in [0.4, 0.5) is 14.6 Å². The van der Waals surface area contributed by atoms with E-state index in [1.165, 1.54) is 0 Å². The van der Waals surface area contributed by atoms with E-state index in [1.807, 2.05) is 18.2 Å². The van der Waals surface area contributed by atoms with Gasteiger partial charge in [-0.3, -0.25) is 9.59 Å². The summed E-state index contributed by atoms with van der Waals surface area (Å²) in [4.78, 5) is 32.4.